The molecule has 2 aromatic carbocycles. The third-order valence-corrected chi connectivity index (χ3v) is 4.11. The maximum atomic E-state index is 14.4. The molecule has 2 nitrogen and oxygen atoms in total. The lowest BCUT2D eigenvalue weighted by Gasteiger charge is -2.31. The van der Waals surface area contributed by atoms with Crippen LogP contribution < -0.4 is 5.32 Å². The van der Waals surface area contributed by atoms with Gasteiger partial charge in [0, 0.05) is 31.3 Å². The Balaban J connectivity index is 2.02. The highest BCUT2D eigenvalue weighted by Gasteiger charge is 2.25. The van der Waals surface area contributed by atoms with Gasteiger partial charge in [0.1, 0.15) is 11.6 Å². The predicted octanol–water partition coefficient (Wildman–Crippen LogP) is 3.35. The summed E-state index contributed by atoms with van der Waals surface area (Å²) in [6.45, 7) is 3.59. The van der Waals surface area contributed by atoms with Crippen LogP contribution in [0.4, 0.5) is 8.78 Å². The molecule has 1 N–H and O–H groups in total. The molecule has 2 aromatic rings. The van der Waals surface area contributed by atoms with Gasteiger partial charge in [-0.15, -0.1) is 0 Å². The normalized spacial score (nSPS) is 17.9. The number of halogens is 2. The van der Waals surface area contributed by atoms with E-state index in [-0.39, 0.29) is 6.04 Å². The molecule has 1 saturated heterocycles. The first kappa shape index (κ1) is 15.1. The number of rotatable bonds is 3. The fraction of sp³-hybridized carbons (Fsp3) is 0.333. The summed E-state index contributed by atoms with van der Waals surface area (Å²) in [5.74, 6) is -1.02. The fourth-order valence-corrected chi connectivity index (χ4v) is 3.07. The average Bonchev–Trinajstić information content (AvgIpc) is 2.80. The van der Waals surface area contributed by atoms with Crippen molar-refractivity contribution in [2.45, 2.75) is 12.5 Å². The molecule has 0 spiro atoms. The van der Waals surface area contributed by atoms with Crippen LogP contribution in [0.5, 0.6) is 0 Å². The number of benzene rings is 2. The van der Waals surface area contributed by atoms with Crippen LogP contribution in [0.15, 0.2) is 48.5 Å². The molecule has 1 fully saturated rings. The summed E-state index contributed by atoms with van der Waals surface area (Å²) in [5.41, 5.74) is 1.57. The van der Waals surface area contributed by atoms with Gasteiger partial charge in [-0.3, -0.25) is 4.90 Å². The summed E-state index contributed by atoms with van der Waals surface area (Å²) in [4.78, 5) is 2.27. The zero-order valence-corrected chi connectivity index (χ0v) is 12.4. The van der Waals surface area contributed by atoms with E-state index in [0.717, 1.165) is 44.2 Å². The van der Waals surface area contributed by atoms with Crippen LogP contribution >= 0.6 is 0 Å². The van der Waals surface area contributed by atoms with Gasteiger partial charge in [0.15, 0.2) is 0 Å². The molecule has 0 radical (unpaired) electrons. The molecular formula is C18H20F2N2. The average molecular weight is 302 g/mol. The monoisotopic (exact) mass is 302 g/mol. The number of hydrogen-bond acceptors (Lipinski definition) is 2. The van der Waals surface area contributed by atoms with Gasteiger partial charge in [0.05, 0.1) is 6.04 Å². The topological polar surface area (TPSA) is 15.3 Å². The molecule has 3 rings (SSSR count). The second kappa shape index (κ2) is 6.99. The highest BCUT2D eigenvalue weighted by atomic mass is 19.1. The maximum absolute atomic E-state index is 14.4. The quantitative estimate of drug-likeness (QED) is 0.935. The van der Waals surface area contributed by atoms with Gasteiger partial charge in [-0.05, 0) is 24.6 Å². The molecule has 4 heteroatoms. The Kier molecular flexibility index (Phi) is 4.80. The van der Waals surface area contributed by atoms with E-state index < -0.39 is 11.6 Å². The Bertz CT molecular complexity index is 608. The number of nitrogens with zero attached hydrogens (tertiary/aromatic N) is 1. The second-order valence-corrected chi connectivity index (χ2v) is 5.62. The van der Waals surface area contributed by atoms with Crippen LogP contribution in [-0.2, 0) is 0 Å². The van der Waals surface area contributed by atoms with E-state index >= 15 is 0 Å². The van der Waals surface area contributed by atoms with Crippen molar-refractivity contribution in [1.29, 1.82) is 0 Å². The van der Waals surface area contributed by atoms with Crippen molar-refractivity contribution < 1.29 is 8.78 Å². The first-order valence-corrected chi connectivity index (χ1v) is 7.70. The largest absolute Gasteiger partial charge is 0.315 e. The minimum Gasteiger partial charge on any atom is -0.315 e. The lowest BCUT2D eigenvalue weighted by Crippen LogP contribution is -2.33. The summed E-state index contributed by atoms with van der Waals surface area (Å²) in [5, 5.41) is 3.36. The molecule has 0 aliphatic carbocycles. The van der Waals surface area contributed by atoms with Gasteiger partial charge in [-0.25, -0.2) is 8.78 Å². The van der Waals surface area contributed by atoms with E-state index in [2.05, 4.69) is 10.2 Å². The second-order valence-electron chi connectivity index (χ2n) is 5.62. The molecule has 1 heterocycles. The van der Waals surface area contributed by atoms with Gasteiger partial charge < -0.3 is 5.32 Å². The summed E-state index contributed by atoms with van der Waals surface area (Å²) in [6, 6.07) is 13.6. The van der Waals surface area contributed by atoms with Crippen molar-refractivity contribution >= 4 is 0 Å². The van der Waals surface area contributed by atoms with Crippen molar-refractivity contribution in [3.8, 4) is 0 Å². The van der Waals surface area contributed by atoms with Crippen LogP contribution in [-0.4, -0.2) is 31.1 Å². The van der Waals surface area contributed by atoms with Gasteiger partial charge in [-0.1, -0.05) is 36.4 Å². The Labute approximate surface area is 129 Å². The minimum atomic E-state index is -0.536. The zero-order chi connectivity index (χ0) is 15.4. The van der Waals surface area contributed by atoms with Gasteiger partial charge in [0.2, 0.25) is 0 Å². The zero-order valence-electron chi connectivity index (χ0n) is 12.4. The third-order valence-electron chi connectivity index (χ3n) is 4.11. The van der Waals surface area contributed by atoms with Gasteiger partial charge in [-0.2, -0.15) is 0 Å². The van der Waals surface area contributed by atoms with Crippen LogP contribution in [0.1, 0.15) is 23.6 Å². The molecular weight excluding hydrogens is 282 g/mol. The minimum absolute atomic E-state index is 0.179. The van der Waals surface area contributed by atoms with Gasteiger partial charge in [0.25, 0.3) is 0 Å². The highest BCUT2D eigenvalue weighted by molar-refractivity contribution is 5.33. The smallest absolute Gasteiger partial charge is 0.131 e. The first-order chi connectivity index (χ1) is 10.8. The predicted molar refractivity (Wildman–Crippen MR) is 83.7 cm³/mol. The third kappa shape index (κ3) is 3.34. The molecule has 116 valence electrons. The van der Waals surface area contributed by atoms with E-state index in [4.69, 9.17) is 0 Å². The van der Waals surface area contributed by atoms with Crippen molar-refractivity contribution in [2.24, 2.45) is 0 Å². The van der Waals surface area contributed by atoms with Crippen LogP contribution in [0, 0.1) is 11.6 Å². The van der Waals surface area contributed by atoms with E-state index in [1.165, 1.54) is 6.07 Å². The molecule has 1 atom stereocenters. The Morgan fingerprint density at radius 3 is 2.55 bits per heavy atom. The summed E-state index contributed by atoms with van der Waals surface area (Å²) >= 11 is 0. The maximum Gasteiger partial charge on any atom is 0.131 e. The molecule has 0 aromatic heterocycles. The highest BCUT2D eigenvalue weighted by Crippen LogP contribution is 2.31. The molecule has 1 aliphatic rings. The summed E-state index contributed by atoms with van der Waals surface area (Å²) < 4.78 is 27.6. The molecule has 0 saturated carbocycles. The van der Waals surface area contributed by atoms with Crippen LogP contribution in [0.25, 0.3) is 0 Å². The van der Waals surface area contributed by atoms with Crippen molar-refractivity contribution in [3.05, 3.63) is 71.3 Å². The molecule has 0 unspecified atom stereocenters. The molecule has 1 aliphatic heterocycles. The van der Waals surface area contributed by atoms with Crippen molar-refractivity contribution in [1.82, 2.24) is 10.2 Å². The summed E-state index contributed by atoms with van der Waals surface area (Å²) in [6.07, 6.45) is 1.02. The lowest BCUT2D eigenvalue weighted by molar-refractivity contribution is 0.236. The number of hydrogen-bond donors (Lipinski definition) is 1. The summed E-state index contributed by atoms with van der Waals surface area (Å²) in [7, 11) is 0. The number of nitrogens with one attached hydrogen (secondary N) is 1. The Morgan fingerprint density at radius 1 is 0.955 bits per heavy atom. The van der Waals surface area contributed by atoms with E-state index in [1.54, 1.807) is 6.07 Å². The molecule has 0 bridgehead atoms. The molecule has 0 amide bonds. The fourth-order valence-electron chi connectivity index (χ4n) is 3.07. The van der Waals surface area contributed by atoms with Crippen LogP contribution in [0.3, 0.4) is 0 Å². The van der Waals surface area contributed by atoms with E-state index in [0.29, 0.717) is 5.56 Å². The van der Waals surface area contributed by atoms with Gasteiger partial charge >= 0.3 is 0 Å². The lowest BCUT2D eigenvalue weighted by atomic mass is 9.96. The van der Waals surface area contributed by atoms with Crippen molar-refractivity contribution in [3.63, 3.8) is 0 Å². The Hall–Kier alpha value is -1.78. The van der Waals surface area contributed by atoms with E-state index in [1.807, 2.05) is 30.3 Å². The standard InChI is InChI=1S/C18H20F2N2/c19-15-7-8-16(17(20)13-15)18(14-5-2-1-3-6-14)22-11-4-9-21-10-12-22/h1-3,5-8,13,18,21H,4,9-12H2/t18-/m0/s1. The first-order valence-electron chi connectivity index (χ1n) is 7.70. The van der Waals surface area contributed by atoms with Crippen LogP contribution in [0.2, 0.25) is 0 Å². The van der Waals surface area contributed by atoms with E-state index in [9.17, 15) is 8.78 Å². The molecule has 22 heavy (non-hydrogen) atoms. The Morgan fingerprint density at radius 2 is 1.77 bits per heavy atom. The van der Waals surface area contributed by atoms with Crippen molar-refractivity contribution in [2.75, 3.05) is 26.2 Å². The SMILES string of the molecule is Fc1ccc([C@H](c2ccccc2)N2CCCNCC2)c(F)c1.